The third-order valence-electron chi connectivity index (χ3n) is 2.64. The highest BCUT2D eigenvalue weighted by Crippen LogP contribution is 2.24. The second-order valence-corrected chi connectivity index (χ2v) is 4.29. The lowest BCUT2D eigenvalue weighted by Gasteiger charge is -2.08. The van der Waals surface area contributed by atoms with Crippen molar-refractivity contribution in [1.82, 2.24) is 0 Å². The zero-order valence-corrected chi connectivity index (χ0v) is 10.8. The van der Waals surface area contributed by atoms with Gasteiger partial charge in [-0.1, -0.05) is 0 Å². The molecule has 0 saturated carbocycles. The normalized spacial score (nSPS) is 11.2. The molecule has 116 valence electrons. The molecule has 0 unspecified atom stereocenters. The van der Waals surface area contributed by atoms with Gasteiger partial charge < -0.3 is 10.4 Å². The van der Waals surface area contributed by atoms with E-state index in [0.717, 1.165) is 12.1 Å². The fourth-order valence-electron chi connectivity index (χ4n) is 1.66. The second kappa shape index (κ2) is 6.91. The number of carbonyl (C=O) groups is 1. The van der Waals surface area contributed by atoms with Gasteiger partial charge in [0, 0.05) is 24.7 Å². The zero-order valence-electron chi connectivity index (χ0n) is 10.8. The topological polar surface area (TPSA) is 92.5 Å². The molecule has 6 nitrogen and oxygen atoms in total. The predicted octanol–water partition coefficient (Wildman–Crippen LogP) is 3.44. The molecule has 0 spiro atoms. The molecule has 0 bridgehead atoms. The number of halogens is 3. The maximum Gasteiger partial charge on any atom is 0.389 e. The Bertz CT molecular complexity index is 532. The Morgan fingerprint density at radius 2 is 2.00 bits per heavy atom. The molecule has 0 amide bonds. The van der Waals surface area contributed by atoms with E-state index < -0.39 is 34.7 Å². The van der Waals surface area contributed by atoms with Crippen molar-refractivity contribution in [3.63, 3.8) is 0 Å². The van der Waals surface area contributed by atoms with Crippen molar-refractivity contribution >= 4 is 17.3 Å². The van der Waals surface area contributed by atoms with Crippen LogP contribution in [0.4, 0.5) is 24.5 Å². The fraction of sp³-hybridized carbons (Fsp3) is 0.417. The predicted molar refractivity (Wildman–Crippen MR) is 68.5 cm³/mol. The van der Waals surface area contributed by atoms with Gasteiger partial charge in [0.05, 0.1) is 4.92 Å². The van der Waals surface area contributed by atoms with Gasteiger partial charge in [-0.2, -0.15) is 13.2 Å². The van der Waals surface area contributed by atoms with Crippen molar-refractivity contribution in [2.75, 3.05) is 11.9 Å². The van der Waals surface area contributed by atoms with Crippen LogP contribution in [-0.4, -0.2) is 28.7 Å². The van der Waals surface area contributed by atoms with Crippen LogP contribution in [0, 0.1) is 10.1 Å². The highest BCUT2D eigenvalue weighted by atomic mass is 19.4. The van der Waals surface area contributed by atoms with Crippen molar-refractivity contribution in [2.24, 2.45) is 0 Å². The number of carboxylic acids is 1. The Hall–Kier alpha value is -2.32. The lowest BCUT2D eigenvalue weighted by molar-refractivity contribution is -0.385. The molecule has 0 aliphatic carbocycles. The van der Waals surface area contributed by atoms with Crippen LogP contribution in [-0.2, 0) is 0 Å². The first-order valence-electron chi connectivity index (χ1n) is 6.03. The summed E-state index contributed by atoms with van der Waals surface area (Å²) in [4.78, 5) is 20.7. The van der Waals surface area contributed by atoms with E-state index in [1.165, 1.54) is 6.07 Å². The molecule has 21 heavy (non-hydrogen) atoms. The van der Waals surface area contributed by atoms with Crippen LogP contribution < -0.4 is 5.32 Å². The number of benzene rings is 1. The van der Waals surface area contributed by atoms with Gasteiger partial charge in [0.25, 0.3) is 5.69 Å². The first kappa shape index (κ1) is 16.7. The summed E-state index contributed by atoms with van der Waals surface area (Å²) in [6.07, 6.45) is -4.88. The van der Waals surface area contributed by atoms with E-state index in [1.807, 2.05) is 0 Å². The summed E-state index contributed by atoms with van der Waals surface area (Å²) >= 11 is 0. The average Bonchev–Trinajstić information content (AvgIpc) is 2.36. The number of carboxylic acid groups (broad SMARTS) is 1. The molecular weight excluding hydrogens is 293 g/mol. The lowest BCUT2D eigenvalue weighted by Crippen LogP contribution is -2.09. The van der Waals surface area contributed by atoms with Crippen LogP contribution in [0.3, 0.4) is 0 Å². The third-order valence-corrected chi connectivity index (χ3v) is 2.64. The number of rotatable bonds is 7. The maximum atomic E-state index is 11.9. The molecule has 1 rings (SSSR count). The molecule has 0 radical (unpaired) electrons. The third kappa shape index (κ3) is 5.67. The largest absolute Gasteiger partial charge is 0.477 e. The minimum atomic E-state index is -4.19. The smallest absolute Gasteiger partial charge is 0.389 e. The van der Waals surface area contributed by atoms with Gasteiger partial charge in [0.15, 0.2) is 0 Å². The van der Waals surface area contributed by atoms with E-state index in [-0.39, 0.29) is 19.4 Å². The Kier molecular flexibility index (Phi) is 5.51. The zero-order chi connectivity index (χ0) is 16.0. The van der Waals surface area contributed by atoms with Gasteiger partial charge in [-0.05, 0) is 25.0 Å². The van der Waals surface area contributed by atoms with Crippen molar-refractivity contribution < 1.29 is 28.0 Å². The van der Waals surface area contributed by atoms with E-state index in [2.05, 4.69) is 5.32 Å². The summed E-state index contributed by atoms with van der Waals surface area (Å²) in [6, 6.07) is 3.46. The number of hydrogen-bond acceptors (Lipinski definition) is 4. The van der Waals surface area contributed by atoms with Crippen LogP contribution >= 0.6 is 0 Å². The number of anilines is 1. The van der Waals surface area contributed by atoms with Crippen LogP contribution in [0.15, 0.2) is 18.2 Å². The number of alkyl halides is 3. The Morgan fingerprint density at radius 1 is 1.33 bits per heavy atom. The van der Waals surface area contributed by atoms with E-state index >= 15 is 0 Å². The Morgan fingerprint density at radius 3 is 2.52 bits per heavy atom. The van der Waals surface area contributed by atoms with Crippen molar-refractivity contribution in [3.8, 4) is 0 Å². The fourth-order valence-corrected chi connectivity index (χ4v) is 1.66. The molecule has 0 fully saturated rings. The number of nitro benzene ring substituents is 1. The summed E-state index contributed by atoms with van der Waals surface area (Å²) in [5.74, 6) is -1.42. The van der Waals surface area contributed by atoms with E-state index in [1.54, 1.807) is 0 Å². The highest BCUT2D eigenvalue weighted by molar-refractivity contribution is 5.93. The van der Waals surface area contributed by atoms with Crippen LogP contribution in [0.5, 0.6) is 0 Å². The molecule has 0 heterocycles. The Balaban J connectivity index is 2.59. The summed E-state index contributed by atoms with van der Waals surface area (Å²) in [5.41, 5.74) is -0.718. The molecular formula is C12H13F3N2O4. The number of aromatic carboxylic acids is 1. The Labute approximate surface area is 117 Å². The minimum Gasteiger partial charge on any atom is -0.477 e. The number of nitrogens with one attached hydrogen (secondary N) is 1. The quantitative estimate of drug-likeness (QED) is 0.457. The summed E-state index contributed by atoms with van der Waals surface area (Å²) < 4.78 is 35.8. The number of nitrogens with zero attached hydrogens (tertiary/aromatic N) is 1. The average molecular weight is 306 g/mol. The summed E-state index contributed by atoms with van der Waals surface area (Å²) in [7, 11) is 0. The van der Waals surface area contributed by atoms with Gasteiger partial charge in [0.2, 0.25) is 0 Å². The molecule has 2 N–H and O–H groups in total. The molecule has 9 heteroatoms. The van der Waals surface area contributed by atoms with Crippen molar-refractivity contribution in [1.29, 1.82) is 0 Å². The standard InChI is InChI=1S/C12H13F3N2O4/c13-12(14,15)5-1-2-6-16-8-3-4-9(11(18)19)10(7-8)17(20)21/h3-4,7,16H,1-2,5-6H2,(H,18,19). The monoisotopic (exact) mass is 306 g/mol. The van der Waals surface area contributed by atoms with Gasteiger partial charge in [-0.3, -0.25) is 10.1 Å². The second-order valence-electron chi connectivity index (χ2n) is 4.29. The minimum absolute atomic E-state index is 0.0498. The first-order valence-corrected chi connectivity index (χ1v) is 6.03. The maximum absolute atomic E-state index is 11.9. The van der Waals surface area contributed by atoms with Gasteiger partial charge in [-0.15, -0.1) is 0 Å². The number of nitro groups is 1. The van der Waals surface area contributed by atoms with Crippen LogP contribution in [0.25, 0.3) is 0 Å². The molecule has 0 saturated heterocycles. The molecule has 1 aromatic rings. The molecule has 0 atom stereocenters. The molecule has 0 aliphatic rings. The SMILES string of the molecule is O=C(O)c1ccc(NCCCCC(F)(F)F)cc1[N+](=O)[O-]. The molecule has 0 aromatic heterocycles. The van der Waals surface area contributed by atoms with Gasteiger partial charge in [-0.25, -0.2) is 4.79 Å². The first-order chi connectivity index (χ1) is 9.70. The lowest BCUT2D eigenvalue weighted by atomic mass is 10.1. The number of hydrogen-bond donors (Lipinski definition) is 2. The van der Waals surface area contributed by atoms with E-state index in [4.69, 9.17) is 5.11 Å². The summed E-state index contributed by atoms with van der Waals surface area (Å²) in [6.45, 7) is 0.208. The van der Waals surface area contributed by atoms with E-state index in [9.17, 15) is 28.1 Å². The molecule has 0 aliphatic heterocycles. The van der Waals surface area contributed by atoms with Gasteiger partial charge in [0.1, 0.15) is 5.56 Å². The summed E-state index contributed by atoms with van der Waals surface area (Å²) in [5, 5.41) is 22.3. The van der Waals surface area contributed by atoms with Crippen molar-refractivity contribution in [2.45, 2.75) is 25.4 Å². The highest BCUT2D eigenvalue weighted by Gasteiger charge is 2.25. The van der Waals surface area contributed by atoms with Crippen LogP contribution in [0.2, 0.25) is 0 Å². The molecule has 1 aromatic carbocycles. The van der Waals surface area contributed by atoms with E-state index in [0.29, 0.717) is 5.69 Å². The van der Waals surface area contributed by atoms with Gasteiger partial charge >= 0.3 is 12.1 Å². The van der Waals surface area contributed by atoms with Crippen molar-refractivity contribution in [3.05, 3.63) is 33.9 Å². The van der Waals surface area contributed by atoms with Crippen LogP contribution in [0.1, 0.15) is 29.6 Å². The number of unbranched alkanes of at least 4 members (excludes halogenated alkanes) is 1.